The van der Waals surface area contributed by atoms with Crippen molar-refractivity contribution in [2.45, 2.75) is 37.2 Å². The van der Waals surface area contributed by atoms with E-state index in [1.165, 1.54) is 17.3 Å². The molecule has 0 amide bonds. The monoisotopic (exact) mass is 338 g/mol. The van der Waals surface area contributed by atoms with Crippen LogP contribution in [0.1, 0.15) is 32.2 Å². The molecule has 0 atom stereocenters. The highest BCUT2D eigenvalue weighted by atomic mass is 32.2. The summed E-state index contributed by atoms with van der Waals surface area (Å²) in [5, 5.41) is 8.58. The van der Waals surface area contributed by atoms with Crippen molar-refractivity contribution in [1.29, 1.82) is 0 Å². The van der Waals surface area contributed by atoms with Crippen LogP contribution in [0, 0.1) is 0 Å². The van der Waals surface area contributed by atoms with Crippen LogP contribution < -0.4 is 4.74 Å². The molecule has 2 aromatic rings. The maximum Gasteiger partial charge on any atom is 0.276 e. The van der Waals surface area contributed by atoms with E-state index in [0.29, 0.717) is 17.7 Å². The molecule has 6 heteroatoms. The number of hydrogen-bond acceptors (Lipinski definition) is 6. The topological polar surface area (TPSA) is 48.2 Å². The first kappa shape index (κ1) is 17.2. The van der Waals surface area contributed by atoms with Gasteiger partial charge in [-0.2, -0.15) is 11.8 Å². The Bertz CT molecular complexity index is 577. The van der Waals surface area contributed by atoms with E-state index >= 15 is 0 Å². The van der Waals surface area contributed by atoms with Crippen molar-refractivity contribution < 1.29 is 9.15 Å². The molecule has 0 radical (unpaired) electrons. The Balaban J connectivity index is 1.74. The molecule has 0 bridgehead atoms. The Morgan fingerprint density at radius 2 is 1.86 bits per heavy atom. The molecule has 0 aliphatic carbocycles. The Hall–Kier alpha value is -1.14. The summed E-state index contributed by atoms with van der Waals surface area (Å²) >= 11 is 3.19. The smallest absolute Gasteiger partial charge is 0.276 e. The third kappa shape index (κ3) is 5.25. The standard InChI is InChI=1S/C16H22N2O2S2/c1-16(2,3)12-5-7-13(8-6-12)19-9-10-22-15-18-17-14(20-15)11-21-4/h5-8H,9-11H2,1-4H3. The second-order valence-electron chi connectivity index (χ2n) is 5.87. The van der Waals surface area contributed by atoms with Crippen LogP contribution in [-0.2, 0) is 11.2 Å². The lowest BCUT2D eigenvalue weighted by Crippen LogP contribution is -2.10. The molecule has 120 valence electrons. The number of benzene rings is 1. The van der Waals surface area contributed by atoms with Gasteiger partial charge in [0.15, 0.2) is 0 Å². The minimum Gasteiger partial charge on any atom is -0.493 e. The molecule has 0 spiro atoms. The number of aromatic nitrogens is 2. The Kier molecular flexibility index (Phi) is 6.20. The number of rotatable bonds is 7. The SMILES string of the molecule is CSCc1nnc(SCCOc2ccc(C(C)(C)C)cc2)o1. The van der Waals surface area contributed by atoms with Gasteiger partial charge in [-0.05, 0) is 29.4 Å². The summed E-state index contributed by atoms with van der Waals surface area (Å²) in [6, 6.07) is 8.29. The van der Waals surface area contributed by atoms with Crippen LogP contribution in [0.25, 0.3) is 0 Å². The van der Waals surface area contributed by atoms with E-state index in [9.17, 15) is 0 Å². The molecule has 0 saturated heterocycles. The van der Waals surface area contributed by atoms with Crippen molar-refractivity contribution in [1.82, 2.24) is 10.2 Å². The van der Waals surface area contributed by atoms with Gasteiger partial charge in [-0.1, -0.05) is 44.7 Å². The summed E-state index contributed by atoms with van der Waals surface area (Å²) in [6.07, 6.45) is 2.01. The second-order valence-corrected chi connectivity index (χ2v) is 7.78. The van der Waals surface area contributed by atoms with Crippen molar-refractivity contribution in [2.24, 2.45) is 0 Å². The maximum absolute atomic E-state index is 5.73. The first-order chi connectivity index (χ1) is 10.5. The largest absolute Gasteiger partial charge is 0.493 e. The summed E-state index contributed by atoms with van der Waals surface area (Å²) in [4.78, 5) is 0. The fourth-order valence-corrected chi connectivity index (χ4v) is 2.78. The first-order valence-electron chi connectivity index (χ1n) is 7.16. The normalized spacial score (nSPS) is 11.6. The number of hydrogen-bond donors (Lipinski definition) is 0. The zero-order chi connectivity index (χ0) is 16.0. The lowest BCUT2D eigenvalue weighted by atomic mass is 9.87. The Morgan fingerprint density at radius 1 is 1.14 bits per heavy atom. The Labute approximate surface area is 140 Å². The van der Waals surface area contributed by atoms with Crippen LogP contribution in [0.2, 0.25) is 0 Å². The van der Waals surface area contributed by atoms with E-state index in [1.54, 1.807) is 11.8 Å². The van der Waals surface area contributed by atoms with Crippen LogP contribution in [0.4, 0.5) is 0 Å². The molecule has 1 aromatic carbocycles. The van der Waals surface area contributed by atoms with Crippen molar-refractivity contribution in [3.8, 4) is 5.75 Å². The highest BCUT2D eigenvalue weighted by Crippen LogP contribution is 2.24. The van der Waals surface area contributed by atoms with Gasteiger partial charge in [0.2, 0.25) is 5.89 Å². The summed E-state index contributed by atoms with van der Waals surface area (Å²) < 4.78 is 11.2. The van der Waals surface area contributed by atoms with Gasteiger partial charge >= 0.3 is 0 Å². The number of ether oxygens (including phenoxy) is 1. The van der Waals surface area contributed by atoms with Gasteiger partial charge in [0.25, 0.3) is 5.22 Å². The van der Waals surface area contributed by atoms with Crippen LogP contribution in [0.15, 0.2) is 33.9 Å². The molecule has 1 aromatic heterocycles. The van der Waals surface area contributed by atoms with E-state index in [0.717, 1.165) is 17.3 Å². The highest BCUT2D eigenvalue weighted by molar-refractivity contribution is 7.99. The van der Waals surface area contributed by atoms with E-state index in [1.807, 2.05) is 18.4 Å². The third-order valence-electron chi connectivity index (χ3n) is 3.01. The highest BCUT2D eigenvalue weighted by Gasteiger charge is 2.13. The predicted molar refractivity (Wildman–Crippen MR) is 92.9 cm³/mol. The quantitative estimate of drug-likeness (QED) is 0.551. The molecule has 0 N–H and O–H groups in total. The van der Waals surface area contributed by atoms with Gasteiger partial charge in [0.1, 0.15) is 5.75 Å². The van der Waals surface area contributed by atoms with Crippen LogP contribution >= 0.6 is 23.5 Å². The molecule has 1 heterocycles. The van der Waals surface area contributed by atoms with E-state index in [-0.39, 0.29) is 5.41 Å². The molecule has 2 rings (SSSR count). The molecule has 22 heavy (non-hydrogen) atoms. The van der Waals surface area contributed by atoms with Gasteiger partial charge in [-0.15, -0.1) is 10.2 Å². The van der Waals surface area contributed by atoms with E-state index in [4.69, 9.17) is 9.15 Å². The molecular formula is C16H22N2O2S2. The van der Waals surface area contributed by atoms with E-state index < -0.39 is 0 Å². The Morgan fingerprint density at radius 3 is 2.50 bits per heavy atom. The van der Waals surface area contributed by atoms with Gasteiger partial charge in [-0.25, -0.2) is 0 Å². The minimum absolute atomic E-state index is 0.167. The fraction of sp³-hybridized carbons (Fsp3) is 0.500. The molecule has 0 aliphatic rings. The third-order valence-corrected chi connectivity index (χ3v) is 4.33. The van der Waals surface area contributed by atoms with Gasteiger partial charge in [0, 0.05) is 5.75 Å². The minimum atomic E-state index is 0.167. The summed E-state index contributed by atoms with van der Waals surface area (Å²) in [5.74, 6) is 3.10. The van der Waals surface area contributed by atoms with Gasteiger partial charge in [-0.3, -0.25) is 0 Å². The molecular weight excluding hydrogens is 316 g/mol. The van der Waals surface area contributed by atoms with Gasteiger partial charge < -0.3 is 9.15 Å². The summed E-state index contributed by atoms with van der Waals surface area (Å²) in [7, 11) is 0. The number of nitrogens with zero attached hydrogens (tertiary/aromatic N) is 2. The van der Waals surface area contributed by atoms with Crippen molar-refractivity contribution in [2.75, 3.05) is 18.6 Å². The maximum atomic E-state index is 5.73. The molecule has 4 nitrogen and oxygen atoms in total. The average molecular weight is 338 g/mol. The lowest BCUT2D eigenvalue weighted by molar-refractivity contribution is 0.342. The van der Waals surface area contributed by atoms with Crippen LogP contribution in [0.5, 0.6) is 5.75 Å². The summed E-state index contributed by atoms with van der Waals surface area (Å²) in [5.41, 5.74) is 1.47. The zero-order valence-corrected chi connectivity index (χ0v) is 15.1. The van der Waals surface area contributed by atoms with Crippen molar-refractivity contribution >= 4 is 23.5 Å². The first-order valence-corrected chi connectivity index (χ1v) is 9.54. The zero-order valence-electron chi connectivity index (χ0n) is 13.5. The molecule has 0 fully saturated rings. The molecule has 0 unspecified atom stereocenters. The lowest BCUT2D eigenvalue weighted by Gasteiger charge is -2.19. The van der Waals surface area contributed by atoms with Crippen molar-refractivity contribution in [3.63, 3.8) is 0 Å². The fourth-order valence-electron chi connectivity index (χ4n) is 1.82. The van der Waals surface area contributed by atoms with Crippen LogP contribution in [-0.4, -0.2) is 28.8 Å². The molecule has 0 aliphatic heterocycles. The number of thioether (sulfide) groups is 2. The van der Waals surface area contributed by atoms with Gasteiger partial charge in [0.05, 0.1) is 12.4 Å². The molecule has 0 saturated carbocycles. The summed E-state index contributed by atoms with van der Waals surface area (Å²) in [6.45, 7) is 7.22. The second kappa shape index (κ2) is 7.92. The van der Waals surface area contributed by atoms with Crippen molar-refractivity contribution in [3.05, 3.63) is 35.7 Å². The average Bonchev–Trinajstić information content (AvgIpc) is 2.91. The van der Waals surface area contributed by atoms with Crippen LogP contribution in [0.3, 0.4) is 0 Å². The van der Waals surface area contributed by atoms with E-state index in [2.05, 4.69) is 43.1 Å². The predicted octanol–water partition coefficient (Wildman–Crippen LogP) is 4.40.